The van der Waals surface area contributed by atoms with Gasteiger partial charge >= 0.3 is 0 Å². The molecule has 5 nitrogen and oxygen atoms in total. The molecule has 2 N–H and O–H groups in total. The van der Waals surface area contributed by atoms with Crippen molar-refractivity contribution < 1.29 is 4.90 Å². The van der Waals surface area contributed by atoms with Crippen molar-refractivity contribution in [3.8, 4) is 6.07 Å². The van der Waals surface area contributed by atoms with Gasteiger partial charge in [0.1, 0.15) is 11.9 Å². The van der Waals surface area contributed by atoms with Gasteiger partial charge < -0.3 is 10.2 Å². The standard InChI is InChI=1S/C22H27N5/c1-3-26(4-2)14-13-24-21-17-10-6-5-9-16(17)18(15-23)22-25-19-11-7-8-12-20(19)27(21)22/h7-8,11-12,24H,3-6,9-10,13-14H2,1-2H3/p+1. The summed E-state index contributed by atoms with van der Waals surface area (Å²) >= 11 is 0. The van der Waals surface area contributed by atoms with Crippen molar-refractivity contribution in [1.82, 2.24) is 9.38 Å². The van der Waals surface area contributed by atoms with Crippen LogP contribution in [0.2, 0.25) is 0 Å². The molecule has 0 saturated carbocycles. The van der Waals surface area contributed by atoms with Crippen LogP contribution < -0.4 is 10.2 Å². The summed E-state index contributed by atoms with van der Waals surface area (Å²) in [7, 11) is 0. The summed E-state index contributed by atoms with van der Waals surface area (Å²) < 4.78 is 2.19. The van der Waals surface area contributed by atoms with Gasteiger partial charge in [-0.25, -0.2) is 4.98 Å². The Balaban J connectivity index is 1.88. The number of pyridine rings is 1. The summed E-state index contributed by atoms with van der Waals surface area (Å²) in [6.45, 7) is 8.79. The lowest BCUT2D eigenvalue weighted by Crippen LogP contribution is -3.12. The van der Waals surface area contributed by atoms with Gasteiger partial charge in [0.2, 0.25) is 0 Å². The average Bonchev–Trinajstić information content (AvgIpc) is 3.10. The van der Waals surface area contributed by atoms with Crippen molar-refractivity contribution in [1.29, 1.82) is 5.26 Å². The van der Waals surface area contributed by atoms with Gasteiger partial charge in [-0.05, 0) is 62.8 Å². The van der Waals surface area contributed by atoms with E-state index in [0.29, 0.717) is 0 Å². The number of likely N-dealkylation sites (N-methyl/N-ethyl adjacent to an activating group) is 1. The maximum atomic E-state index is 9.89. The van der Waals surface area contributed by atoms with Crippen LogP contribution in [0, 0.1) is 11.3 Å². The molecule has 1 aliphatic carbocycles. The number of fused-ring (bicyclic) bond motifs is 4. The summed E-state index contributed by atoms with van der Waals surface area (Å²) in [6, 6.07) is 10.7. The highest BCUT2D eigenvalue weighted by Crippen LogP contribution is 2.35. The van der Waals surface area contributed by atoms with Gasteiger partial charge in [-0.3, -0.25) is 4.40 Å². The van der Waals surface area contributed by atoms with E-state index in [1.54, 1.807) is 4.90 Å². The monoisotopic (exact) mass is 362 g/mol. The Morgan fingerprint density at radius 1 is 1.15 bits per heavy atom. The predicted molar refractivity (Wildman–Crippen MR) is 109 cm³/mol. The number of nitrogens with one attached hydrogen (secondary N) is 2. The molecule has 0 saturated heterocycles. The van der Waals surface area contributed by atoms with Crippen LogP contribution in [0.5, 0.6) is 0 Å². The van der Waals surface area contributed by atoms with Gasteiger partial charge in [-0.2, -0.15) is 5.26 Å². The first-order valence-electron chi connectivity index (χ1n) is 10.2. The first-order valence-corrected chi connectivity index (χ1v) is 10.2. The van der Waals surface area contributed by atoms with Crippen molar-refractivity contribution >= 4 is 22.5 Å². The van der Waals surface area contributed by atoms with E-state index in [1.807, 2.05) is 18.2 Å². The average molecular weight is 363 g/mol. The lowest BCUT2D eigenvalue weighted by Gasteiger charge is -2.24. The van der Waals surface area contributed by atoms with Crippen LogP contribution in [-0.4, -0.2) is 35.6 Å². The fraction of sp³-hybridized carbons (Fsp3) is 0.455. The van der Waals surface area contributed by atoms with E-state index in [9.17, 15) is 5.26 Å². The number of nitriles is 1. The molecular formula is C22H28N5+. The van der Waals surface area contributed by atoms with E-state index < -0.39 is 0 Å². The summed E-state index contributed by atoms with van der Waals surface area (Å²) in [6.07, 6.45) is 4.36. The number of imidazole rings is 1. The highest BCUT2D eigenvalue weighted by molar-refractivity contribution is 5.86. The van der Waals surface area contributed by atoms with Crippen LogP contribution >= 0.6 is 0 Å². The number of hydrogen-bond acceptors (Lipinski definition) is 3. The Kier molecular flexibility index (Phi) is 5.00. The van der Waals surface area contributed by atoms with E-state index in [2.05, 4.69) is 35.7 Å². The second-order valence-electron chi connectivity index (χ2n) is 7.39. The predicted octanol–water partition coefficient (Wildman–Crippen LogP) is 2.57. The quantitative estimate of drug-likeness (QED) is 0.709. The van der Waals surface area contributed by atoms with Crippen LogP contribution in [0.1, 0.15) is 43.4 Å². The zero-order valence-electron chi connectivity index (χ0n) is 16.3. The third-order valence-corrected chi connectivity index (χ3v) is 5.95. The van der Waals surface area contributed by atoms with Gasteiger partial charge in [0.05, 0.1) is 42.8 Å². The van der Waals surface area contributed by atoms with Crippen LogP contribution in [-0.2, 0) is 12.8 Å². The summed E-state index contributed by atoms with van der Waals surface area (Å²) in [4.78, 5) is 6.42. The van der Waals surface area contributed by atoms with Crippen molar-refractivity contribution in [3.63, 3.8) is 0 Å². The van der Waals surface area contributed by atoms with Gasteiger partial charge in [-0.15, -0.1) is 0 Å². The summed E-state index contributed by atoms with van der Waals surface area (Å²) in [5.41, 5.74) is 6.13. The molecule has 1 aliphatic rings. The van der Waals surface area contributed by atoms with Crippen LogP contribution in [0.3, 0.4) is 0 Å². The lowest BCUT2D eigenvalue weighted by atomic mass is 9.89. The van der Waals surface area contributed by atoms with Crippen molar-refractivity contribution in [3.05, 3.63) is 41.0 Å². The number of benzene rings is 1. The zero-order chi connectivity index (χ0) is 18.8. The number of para-hydroxylation sites is 2. The van der Waals surface area contributed by atoms with E-state index in [1.165, 1.54) is 17.5 Å². The molecule has 5 heteroatoms. The molecule has 2 aromatic heterocycles. The van der Waals surface area contributed by atoms with Gasteiger partial charge in [0.15, 0.2) is 5.65 Å². The zero-order valence-corrected chi connectivity index (χ0v) is 16.3. The van der Waals surface area contributed by atoms with Crippen LogP contribution in [0.4, 0.5) is 5.82 Å². The topological polar surface area (TPSA) is 57.6 Å². The number of rotatable bonds is 6. The number of anilines is 1. The first kappa shape index (κ1) is 17.8. The Hall–Kier alpha value is -2.58. The normalized spacial score (nSPS) is 13.9. The maximum Gasteiger partial charge on any atom is 0.157 e. The molecule has 0 atom stereocenters. The highest BCUT2D eigenvalue weighted by atomic mass is 15.2. The number of nitrogens with zero attached hydrogens (tertiary/aromatic N) is 3. The second kappa shape index (κ2) is 7.58. The molecule has 140 valence electrons. The first-order chi connectivity index (χ1) is 13.3. The molecule has 0 bridgehead atoms. The largest absolute Gasteiger partial charge is 0.365 e. The third kappa shape index (κ3) is 3.04. The van der Waals surface area contributed by atoms with Gasteiger partial charge in [-0.1, -0.05) is 12.1 Å². The molecule has 1 aromatic carbocycles. The molecule has 27 heavy (non-hydrogen) atoms. The fourth-order valence-electron chi connectivity index (χ4n) is 4.40. The van der Waals surface area contributed by atoms with E-state index >= 15 is 0 Å². The smallest absolute Gasteiger partial charge is 0.157 e. The minimum Gasteiger partial charge on any atom is -0.365 e. The van der Waals surface area contributed by atoms with Crippen molar-refractivity contribution in [2.24, 2.45) is 0 Å². The Bertz CT molecular complexity index is 1010. The Morgan fingerprint density at radius 2 is 1.89 bits per heavy atom. The lowest BCUT2D eigenvalue weighted by molar-refractivity contribution is -0.894. The van der Waals surface area contributed by atoms with Crippen molar-refractivity contribution in [2.45, 2.75) is 39.5 Å². The van der Waals surface area contributed by atoms with Gasteiger partial charge in [0.25, 0.3) is 0 Å². The maximum absolute atomic E-state index is 9.89. The highest BCUT2D eigenvalue weighted by Gasteiger charge is 2.24. The summed E-state index contributed by atoms with van der Waals surface area (Å²) in [5.74, 6) is 1.15. The summed E-state index contributed by atoms with van der Waals surface area (Å²) in [5, 5.41) is 13.6. The van der Waals surface area contributed by atoms with E-state index in [0.717, 1.165) is 73.5 Å². The second-order valence-corrected chi connectivity index (χ2v) is 7.39. The minimum atomic E-state index is 0.765. The number of aromatic nitrogens is 2. The molecule has 3 aromatic rings. The molecule has 0 radical (unpaired) electrons. The van der Waals surface area contributed by atoms with Crippen LogP contribution in [0.25, 0.3) is 16.7 Å². The number of quaternary nitrogens is 1. The molecule has 0 aliphatic heterocycles. The Labute approximate surface area is 160 Å². The fourth-order valence-corrected chi connectivity index (χ4v) is 4.40. The van der Waals surface area contributed by atoms with Crippen molar-refractivity contribution in [2.75, 3.05) is 31.5 Å². The Morgan fingerprint density at radius 3 is 2.63 bits per heavy atom. The molecule has 2 heterocycles. The molecule has 0 spiro atoms. The molecule has 4 rings (SSSR count). The minimum absolute atomic E-state index is 0.765. The SMILES string of the molecule is CC[NH+](CC)CCNc1c2c(c(C#N)c3nc4ccccc4n13)CCCC2. The molecular weight excluding hydrogens is 334 g/mol. The molecule has 0 amide bonds. The van der Waals surface area contributed by atoms with Crippen LogP contribution in [0.15, 0.2) is 24.3 Å². The third-order valence-electron chi connectivity index (χ3n) is 5.95. The number of hydrogen-bond donors (Lipinski definition) is 2. The van der Waals surface area contributed by atoms with E-state index in [4.69, 9.17) is 4.98 Å². The van der Waals surface area contributed by atoms with E-state index in [-0.39, 0.29) is 0 Å². The molecule has 0 unspecified atom stereocenters. The van der Waals surface area contributed by atoms with Gasteiger partial charge in [0, 0.05) is 0 Å². The molecule has 0 fully saturated rings.